The number of nitrogens with zero attached hydrogens (tertiary/aromatic N) is 1. The number of H-pyrrole nitrogens is 1. The molecular formula is C18H23N3O3S. The number of nitrogens with one attached hydrogen (secondary N) is 2. The van der Waals surface area contributed by atoms with Crippen molar-refractivity contribution >= 4 is 17.7 Å². The summed E-state index contributed by atoms with van der Waals surface area (Å²) in [5.74, 6) is 3.09. The SMILES string of the molecule is COc1cccc2c1OC[C@H](C(=O)NCCSCc1nc[nH]c1C)C2. The Morgan fingerprint density at radius 3 is 3.16 bits per heavy atom. The maximum absolute atomic E-state index is 12.4. The topological polar surface area (TPSA) is 76.2 Å². The highest BCUT2D eigenvalue weighted by Crippen LogP contribution is 2.35. The standard InChI is InChI=1S/C18H23N3O3S/c1-12-15(21-11-20-12)10-25-7-6-19-18(22)14-8-13-4-3-5-16(23-2)17(13)24-9-14/h3-5,11,14H,6-10H2,1-2H3,(H,19,22)(H,20,21)/t14-/m1/s1. The number of aryl methyl sites for hydroxylation is 1. The van der Waals surface area contributed by atoms with E-state index < -0.39 is 0 Å². The van der Waals surface area contributed by atoms with Crippen LogP contribution in [-0.2, 0) is 17.0 Å². The number of fused-ring (bicyclic) bond motifs is 1. The molecule has 2 aromatic rings. The summed E-state index contributed by atoms with van der Waals surface area (Å²) >= 11 is 1.76. The van der Waals surface area contributed by atoms with Crippen LogP contribution in [0.4, 0.5) is 0 Å². The second kappa shape index (κ2) is 8.29. The highest BCUT2D eigenvalue weighted by Gasteiger charge is 2.27. The molecule has 134 valence electrons. The molecule has 0 unspecified atom stereocenters. The second-order valence-electron chi connectivity index (χ2n) is 5.98. The third-order valence-electron chi connectivity index (χ3n) is 4.27. The van der Waals surface area contributed by atoms with Gasteiger partial charge in [-0.05, 0) is 25.0 Å². The van der Waals surface area contributed by atoms with Crippen molar-refractivity contribution in [3.8, 4) is 11.5 Å². The Balaban J connectivity index is 1.42. The number of ether oxygens (including phenoxy) is 2. The Hall–Kier alpha value is -2.15. The van der Waals surface area contributed by atoms with Crippen molar-refractivity contribution in [1.29, 1.82) is 0 Å². The summed E-state index contributed by atoms with van der Waals surface area (Å²) in [5.41, 5.74) is 3.20. The van der Waals surface area contributed by atoms with Crippen LogP contribution in [0.25, 0.3) is 0 Å². The van der Waals surface area contributed by atoms with Crippen molar-refractivity contribution in [2.45, 2.75) is 19.1 Å². The minimum absolute atomic E-state index is 0.0463. The zero-order valence-corrected chi connectivity index (χ0v) is 15.3. The van der Waals surface area contributed by atoms with E-state index in [1.54, 1.807) is 25.2 Å². The van der Waals surface area contributed by atoms with Crippen molar-refractivity contribution in [2.24, 2.45) is 5.92 Å². The van der Waals surface area contributed by atoms with Crippen molar-refractivity contribution < 1.29 is 14.3 Å². The first kappa shape index (κ1) is 17.7. The molecule has 1 atom stereocenters. The highest BCUT2D eigenvalue weighted by molar-refractivity contribution is 7.98. The number of amides is 1. The maximum atomic E-state index is 12.4. The first-order valence-corrected chi connectivity index (χ1v) is 9.47. The third kappa shape index (κ3) is 4.28. The molecule has 1 amide bonds. The summed E-state index contributed by atoms with van der Waals surface area (Å²) in [5, 5.41) is 3.01. The first-order chi connectivity index (χ1) is 12.2. The van der Waals surface area contributed by atoms with Gasteiger partial charge in [-0.2, -0.15) is 11.8 Å². The summed E-state index contributed by atoms with van der Waals surface area (Å²) in [4.78, 5) is 19.7. The van der Waals surface area contributed by atoms with E-state index in [0.29, 0.717) is 19.6 Å². The maximum Gasteiger partial charge on any atom is 0.226 e. The van der Waals surface area contributed by atoms with E-state index in [0.717, 1.165) is 40.0 Å². The van der Waals surface area contributed by atoms with Crippen LogP contribution >= 0.6 is 11.8 Å². The molecule has 25 heavy (non-hydrogen) atoms. The molecule has 2 N–H and O–H groups in total. The molecule has 6 nitrogen and oxygen atoms in total. The molecule has 1 aliphatic rings. The van der Waals surface area contributed by atoms with Gasteiger partial charge in [-0.25, -0.2) is 4.98 Å². The van der Waals surface area contributed by atoms with E-state index in [4.69, 9.17) is 9.47 Å². The monoisotopic (exact) mass is 361 g/mol. The number of imidazole rings is 1. The molecule has 0 aliphatic carbocycles. The lowest BCUT2D eigenvalue weighted by atomic mass is 9.95. The van der Waals surface area contributed by atoms with E-state index in [-0.39, 0.29) is 11.8 Å². The number of carbonyl (C=O) groups excluding carboxylic acids is 1. The van der Waals surface area contributed by atoms with Gasteiger partial charge in [-0.15, -0.1) is 0 Å². The summed E-state index contributed by atoms with van der Waals surface area (Å²) < 4.78 is 11.1. The zero-order valence-electron chi connectivity index (χ0n) is 14.5. The molecule has 0 fully saturated rings. The number of benzene rings is 1. The normalized spacial score (nSPS) is 16.0. The van der Waals surface area contributed by atoms with Crippen LogP contribution in [0.1, 0.15) is 17.0 Å². The second-order valence-corrected chi connectivity index (χ2v) is 7.08. The average molecular weight is 361 g/mol. The lowest BCUT2D eigenvalue weighted by molar-refractivity contribution is -0.126. The van der Waals surface area contributed by atoms with Crippen LogP contribution in [0, 0.1) is 12.8 Å². The first-order valence-electron chi connectivity index (χ1n) is 8.32. The van der Waals surface area contributed by atoms with Gasteiger partial charge in [0.15, 0.2) is 11.5 Å². The molecule has 3 rings (SSSR count). The fourth-order valence-electron chi connectivity index (χ4n) is 2.82. The molecule has 0 radical (unpaired) electrons. The molecular weight excluding hydrogens is 338 g/mol. The minimum Gasteiger partial charge on any atom is -0.493 e. The van der Waals surface area contributed by atoms with Crippen molar-refractivity contribution in [3.63, 3.8) is 0 Å². The van der Waals surface area contributed by atoms with Gasteiger partial charge < -0.3 is 19.8 Å². The number of para-hydroxylation sites is 1. The van der Waals surface area contributed by atoms with Crippen molar-refractivity contribution in [3.05, 3.63) is 41.5 Å². The molecule has 1 aromatic heterocycles. The summed E-state index contributed by atoms with van der Waals surface area (Å²) in [6, 6.07) is 5.78. The molecule has 7 heteroatoms. The van der Waals surface area contributed by atoms with Crippen LogP contribution < -0.4 is 14.8 Å². The predicted molar refractivity (Wildman–Crippen MR) is 98.2 cm³/mol. The number of rotatable bonds is 7. The molecule has 1 aromatic carbocycles. The van der Waals surface area contributed by atoms with E-state index in [1.165, 1.54) is 0 Å². The fraction of sp³-hybridized carbons (Fsp3) is 0.444. The highest BCUT2D eigenvalue weighted by atomic mass is 32.2. The van der Waals surface area contributed by atoms with Gasteiger partial charge in [0.1, 0.15) is 6.61 Å². The Labute approximate surface area is 151 Å². The molecule has 1 aliphatic heterocycles. The summed E-state index contributed by atoms with van der Waals surface area (Å²) in [6.45, 7) is 3.05. The predicted octanol–water partition coefficient (Wildman–Crippen LogP) is 2.33. The van der Waals surface area contributed by atoms with E-state index in [2.05, 4.69) is 15.3 Å². The van der Waals surface area contributed by atoms with Gasteiger partial charge in [0.25, 0.3) is 0 Å². The lowest BCUT2D eigenvalue weighted by Gasteiger charge is -2.25. The molecule has 0 spiro atoms. The van der Waals surface area contributed by atoms with Gasteiger partial charge in [0, 0.05) is 23.7 Å². The molecule has 0 saturated heterocycles. The molecule has 2 heterocycles. The van der Waals surface area contributed by atoms with Gasteiger partial charge in [0.2, 0.25) is 5.91 Å². The zero-order chi connectivity index (χ0) is 17.6. The quantitative estimate of drug-likeness (QED) is 0.740. The van der Waals surface area contributed by atoms with Crippen LogP contribution in [0.3, 0.4) is 0 Å². The molecule has 0 bridgehead atoms. The Bertz CT molecular complexity index is 732. The Morgan fingerprint density at radius 2 is 2.40 bits per heavy atom. The van der Waals surface area contributed by atoms with Gasteiger partial charge in [-0.3, -0.25) is 4.79 Å². The fourth-order valence-corrected chi connectivity index (χ4v) is 3.69. The van der Waals surface area contributed by atoms with Crippen LogP contribution in [0.5, 0.6) is 11.5 Å². The van der Waals surface area contributed by atoms with Gasteiger partial charge in [-0.1, -0.05) is 12.1 Å². The number of hydrogen-bond acceptors (Lipinski definition) is 5. The summed E-state index contributed by atoms with van der Waals surface area (Å²) in [7, 11) is 1.62. The van der Waals surface area contributed by atoms with E-state index in [9.17, 15) is 4.79 Å². The van der Waals surface area contributed by atoms with Crippen molar-refractivity contribution in [2.75, 3.05) is 26.0 Å². The number of aromatic amines is 1. The van der Waals surface area contributed by atoms with Crippen LogP contribution in [0.15, 0.2) is 24.5 Å². The molecule has 0 saturated carbocycles. The van der Waals surface area contributed by atoms with Crippen LogP contribution in [-0.4, -0.2) is 41.9 Å². The van der Waals surface area contributed by atoms with E-state index in [1.807, 2.05) is 25.1 Å². The largest absolute Gasteiger partial charge is 0.493 e. The Morgan fingerprint density at radius 1 is 1.52 bits per heavy atom. The lowest BCUT2D eigenvalue weighted by Crippen LogP contribution is -2.38. The number of carbonyl (C=O) groups is 1. The Kier molecular flexibility index (Phi) is 5.86. The summed E-state index contributed by atoms with van der Waals surface area (Å²) in [6.07, 6.45) is 2.39. The van der Waals surface area contributed by atoms with Gasteiger partial charge in [0.05, 0.1) is 25.0 Å². The van der Waals surface area contributed by atoms with Gasteiger partial charge >= 0.3 is 0 Å². The number of thioether (sulfide) groups is 1. The third-order valence-corrected chi connectivity index (χ3v) is 5.24. The number of hydrogen-bond donors (Lipinski definition) is 2. The smallest absolute Gasteiger partial charge is 0.226 e. The van der Waals surface area contributed by atoms with Crippen LogP contribution in [0.2, 0.25) is 0 Å². The average Bonchev–Trinajstić information content (AvgIpc) is 3.05. The minimum atomic E-state index is -0.154. The van der Waals surface area contributed by atoms with E-state index >= 15 is 0 Å². The number of methoxy groups -OCH3 is 1. The number of aromatic nitrogens is 2. The van der Waals surface area contributed by atoms with Crippen molar-refractivity contribution in [1.82, 2.24) is 15.3 Å².